The lowest BCUT2D eigenvalue weighted by Gasteiger charge is -2.15. The van der Waals surface area contributed by atoms with Crippen LogP contribution in [0.1, 0.15) is 43.7 Å². The van der Waals surface area contributed by atoms with Crippen molar-refractivity contribution >= 4 is 44.9 Å². The molecule has 1 aliphatic carbocycles. The minimum atomic E-state index is -4.11. The minimum Gasteiger partial charge on any atom is -0.483 e. The lowest BCUT2D eigenvalue weighted by molar-refractivity contribution is -0.122. The van der Waals surface area contributed by atoms with Gasteiger partial charge in [-0.05, 0) is 45.9 Å². The van der Waals surface area contributed by atoms with E-state index >= 15 is 0 Å². The summed E-state index contributed by atoms with van der Waals surface area (Å²) < 4.78 is 69.4. The van der Waals surface area contributed by atoms with Gasteiger partial charge in [-0.1, -0.05) is 34.8 Å². The molecule has 0 aromatic carbocycles. The summed E-state index contributed by atoms with van der Waals surface area (Å²) in [6.07, 6.45) is -0.705. The molecular formula is C22H23ClF3N5O4S2. The van der Waals surface area contributed by atoms with E-state index in [0.717, 1.165) is 0 Å². The lowest BCUT2D eigenvalue weighted by atomic mass is 10.1. The second kappa shape index (κ2) is 11.0. The molecule has 3 aromatic rings. The second-order valence-electron chi connectivity index (χ2n) is 8.68. The number of carboxylic acid groups (broad SMARTS) is 1. The number of halogens is 4. The van der Waals surface area contributed by atoms with Gasteiger partial charge in [0.15, 0.2) is 10.0 Å². The molecule has 200 valence electrons. The van der Waals surface area contributed by atoms with Crippen LogP contribution in [0.15, 0.2) is 23.2 Å². The monoisotopic (exact) mass is 577 g/mol. The van der Waals surface area contributed by atoms with E-state index in [-0.39, 0.29) is 21.4 Å². The first kappa shape index (κ1) is 28.9. The molecule has 0 aliphatic heterocycles. The summed E-state index contributed by atoms with van der Waals surface area (Å²) in [5.74, 6) is 6.10. The number of pyridine rings is 1. The maximum absolute atomic E-state index is 13.3. The Balaban J connectivity index is 0.00000121. The zero-order valence-corrected chi connectivity index (χ0v) is 22.2. The SMILES string of the molecule is CNC(C)(C)C#Cc1cc(-c2nnc(C(F)F)s2)n2cc(S(=O)(=O)NC3(CF)CC3)cc(Cl)c12.O=CO. The maximum Gasteiger partial charge on any atom is 0.291 e. The van der Waals surface area contributed by atoms with Gasteiger partial charge in [-0.25, -0.2) is 26.3 Å². The average molecular weight is 578 g/mol. The smallest absolute Gasteiger partial charge is 0.291 e. The standard InChI is InChI=1S/C21H21ClF3N5O2S2.CH2O2/c1-20(2,26-3)5-4-12-8-15(18-27-28-19(33-18)17(24)25)30-10-13(9-14(22)16(12)30)34(31,32)29-21(11-23)6-7-21;2-1-3/h8-10,17,26,29H,6-7,11H2,1-3H3;1H,(H,2,3). The molecule has 0 amide bonds. The van der Waals surface area contributed by atoms with Crippen LogP contribution in [0, 0.1) is 11.8 Å². The Morgan fingerprint density at radius 2 is 2.00 bits per heavy atom. The molecule has 0 radical (unpaired) electrons. The van der Waals surface area contributed by atoms with E-state index < -0.39 is 39.2 Å². The normalized spacial score (nSPS) is 14.6. The van der Waals surface area contributed by atoms with Crippen molar-refractivity contribution in [1.29, 1.82) is 0 Å². The quantitative estimate of drug-likeness (QED) is 0.287. The highest BCUT2D eigenvalue weighted by molar-refractivity contribution is 7.89. The number of sulfonamides is 1. The fraction of sp³-hybridized carbons (Fsp3) is 0.409. The number of aromatic nitrogens is 3. The van der Waals surface area contributed by atoms with Gasteiger partial charge in [-0.3, -0.25) is 4.79 Å². The Labute approximate surface area is 220 Å². The molecule has 1 fully saturated rings. The molecule has 0 unspecified atom stereocenters. The maximum atomic E-state index is 13.3. The molecule has 4 rings (SSSR count). The molecule has 3 N–H and O–H groups in total. The van der Waals surface area contributed by atoms with E-state index in [1.807, 2.05) is 13.8 Å². The van der Waals surface area contributed by atoms with Gasteiger partial charge in [-0.15, -0.1) is 10.2 Å². The van der Waals surface area contributed by atoms with Crippen LogP contribution in [-0.2, 0) is 14.8 Å². The highest BCUT2D eigenvalue weighted by Gasteiger charge is 2.46. The van der Waals surface area contributed by atoms with Gasteiger partial charge in [0.1, 0.15) is 11.6 Å². The van der Waals surface area contributed by atoms with E-state index in [2.05, 4.69) is 32.1 Å². The van der Waals surface area contributed by atoms with Gasteiger partial charge in [0.05, 0.1) is 32.9 Å². The molecule has 0 spiro atoms. The zero-order valence-electron chi connectivity index (χ0n) is 19.9. The fourth-order valence-corrected chi connectivity index (χ4v) is 5.69. The lowest BCUT2D eigenvalue weighted by Crippen LogP contribution is -2.38. The van der Waals surface area contributed by atoms with Crippen LogP contribution in [0.25, 0.3) is 16.2 Å². The third-order valence-electron chi connectivity index (χ3n) is 5.54. The molecule has 15 heteroatoms. The second-order valence-corrected chi connectivity index (χ2v) is 11.8. The molecule has 3 aromatic heterocycles. The molecule has 3 heterocycles. The third kappa shape index (κ3) is 6.42. The molecule has 1 saturated carbocycles. The number of carbonyl (C=O) groups is 1. The van der Waals surface area contributed by atoms with Gasteiger partial charge >= 0.3 is 0 Å². The highest BCUT2D eigenvalue weighted by atomic mass is 35.5. The average Bonchev–Trinajstić information content (AvgIpc) is 3.25. The van der Waals surface area contributed by atoms with Gasteiger partial charge in [-0.2, -0.15) is 0 Å². The van der Waals surface area contributed by atoms with Gasteiger partial charge in [0.25, 0.3) is 12.9 Å². The Morgan fingerprint density at radius 3 is 2.51 bits per heavy atom. The van der Waals surface area contributed by atoms with E-state index in [1.54, 1.807) is 13.1 Å². The van der Waals surface area contributed by atoms with Gasteiger partial charge < -0.3 is 14.8 Å². The molecule has 0 atom stereocenters. The van der Waals surface area contributed by atoms with Gasteiger partial charge in [0.2, 0.25) is 10.0 Å². The van der Waals surface area contributed by atoms with E-state index in [0.29, 0.717) is 41.0 Å². The van der Waals surface area contributed by atoms with Crippen molar-refractivity contribution in [3.63, 3.8) is 0 Å². The topological polar surface area (TPSA) is 126 Å². The van der Waals surface area contributed by atoms with Crippen LogP contribution in [0.3, 0.4) is 0 Å². The molecule has 9 nitrogen and oxygen atoms in total. The number of alkyl halides is 3. The van der Waals surface area contributed by atoms with E-state index in [1.165, 1.54) is 16.7 Å². The summed E-state index contributed by atoms with van der Waals surface area (Å²) in [5.41, 5.74) is -0.492. The van der Waals surface area contributed by atoms with Crippen LogP contribution in [0.4, 0.5) is 13.2 Å². The van der Waals surface area contributed by atoms with Crippen molar-refractivity contribution in [2.75, 3.05) is 13.7 Å². The van der Waals surface area contributed by atoms with Crippen LogP contribution in [0.5, 0.6) is 0 Å². The summed E-state index contributed by atoms with van der Waals surface area (Å²) >= 11 is 7.19. The van der Waals surface area contributed by atoms with E-state index in [9.17, 15) is 21.6 Å². The molecule has 37 heavy (non-hydrogen) atoms. The van der Waals surface area contributed by atoms with Crippen molar-refractivity contribution < 1.29 is 31.5 Å². The predicted octanol–water partition coefficient (Wildman–Crippen LogP) is 3.88. The number of fused-ring (bicyclic) bond motifs is 1. The van der Waals surface area contributed by atoms with E-state index in [4.69, 9.17) is 21.5 Å². The third-order valence-corrected chi connectivity index (χ3v) is 8.33. The summed E-state index contributed by atoms with van der Waals surface area (Å²) in [6.45, 7) is 2.67. The molecule has 1 aliphatic rings. The van der Waals surface area contributed by atoms with Crippen molar-refractivity contribution in [2.24, 2.45) is 0 Å². The summed E-state index contributed by atoms with van der Waals surface area (Å²) in [7, 11) is -2.36. The van der Waals surface area contributed by atoms with Crippen molar-refractivity contribution in [3.05, 3.63) is 33.9 Å². The molecular weight excluding hydrogens is 555 g/mol. The van der Waals surface area contributed by atoms with Crippen molar-refractivity contribution in [1.82, 2.24) is 24.6 Å². The fourth-order valence-electron chi connectivity index (χ4n) is 3.14. The Kier molecular flexibility index (Phi) is 8.55. The Hall–Kier alpha value is -2.70. The number of nitrogens with one attached hydrogen (secondary N) is 2. The Bertz CT molecular complexity index is 1470. The summed E-state index contributed by atoms with van der Waals surface area (Å²) in [4.78, 5) is 8.16. The number of rotatable bonds is 7. The summed E-state index contributed by atoms with van der Waals surface area (Å²) in [6, 6.07) is 2.86. The van der Waals surface area contributed by atoms with Crippen LogP contribution < -0.4 is 10.0 Å². The number of nitrogens with zero attached hydrogens (tertiary/aromatic N) is 3. The largest absolute Gasteiger partial charge is 0.483 e. The van der Waals surface area contributed by atoms with Crippen LogP contribution >= 0.6 is 22.9 Å². The molecule has 0 bridgehead atoms. The van der Waals surface area contributed by atoms with Crippen LogP contribution in [0.2, 0.25) is 5.02 Å². The first-order valence-electron chi connectivity index (χ1n) is 10.7. The molecule has 0 saturated heterocycles. The van der Waals surface area contributed by atoms with Gasteiger partial charge in [0, 0.05) is 6.20 Å². The first-order valence-corrected chi connectivity index (χ1v) is 13.4. The van der Waals surface area contributed by atoms with Crippen molar-refractivity contribution in [3.8, 4) is 22.5 Å². The minimum absolute atomic E-state index is 0.0735. The summed E-state index contributed by atoms with van der Waals surface area (Å²) in [5, 5.41) is 17.1. The highest BCUT2D eigenvalue weighted by Crippen LogP contribution is 2.39. The zero-order chi connectivity index (χ0) is 27.6. The number of hydrogen-bond acceptors (Lipinski definition) is 7. The number of hydrogen-bond donors (Lipinski definition) is 3. The Morgan fingerprint density at radius 1 is 1.35 bits per heavy atom. The van der Waals surface area contributed by atoms with Crippen LogP contribution in [-0.4, -0.2) is 59.4 Å². The first-order chi connectivity index (χ1) is 17.3. The van der Waals surface area contributed by atoms with Crippen molar-refractivity contribution in [2.45, 2.75) is 49.1 Å². The predicted molar refractivity (Wildman–Crippen MR) is 133 cm³/mol.